The number of rotatable bonds is 0. The third-order valence-electron chi connectivity index (χ3n) is 9.10. The van der Waals surface area contributed by atoms with Gasteiger partial charge >= 0.3 is 0 Å². The number of aliphatic hydroxyl groups is 4. The average molecular weight is 348 g/mol. The maximum absolute atomic E-state index is 11.0. The Balaban J connectivity index is 1.72. The molecule has 4 saturated carbocycles. The van der Waals surface area contributed by atoms with Crippen LogP contribution in [0.25, 0.3) is 0 Å². The Kier molecular flexibility index (Phi) is 3.88. The highest BCUT2D eigenvalue weighted by atomic mass is 16.3. The molecule has 3 unspecified atom stereocenters. The van der Waals surface area contributed by atoms with E-state index in [0.717, 1.165) is 32.1 Å². The van der Waals surface area contributed by atoms with Crippen molar-refractivity contribution in [2.45, 2.75) is 82.7 Å². The van der Waals surface area contributed by atoms with Crippen molar-refractivity contribution >= 4 is 0 Å². The third-order valence-corrected chi connectivity index (χ3v) is 9.10. The van der Waals surface area contributed by atoms with E-state index in [-0.39, 0.29) is 23.4 Å². The fraction of sp³-hybridized carbons (Fsp3) is 0.905. The van der Waals surface area contributed by atoms with E-state index in [1.165, 1.54) is 0 Å². The minimum atomic E-state index is -1.50. The predicted octanol–water partition coefficient (Wildman–Crippen LogP) is 1.70. The second kappa shape index (κ2) is 5.45. The molecule has 4 N–H and O–H groups in total. The van der Waals surface area contributed by atoms with Gasteiger partial charge in [-0.1, -0.05) is 19.8 Å². The summed E-state index contributed by atoms with van der Waals surface area (Å²) in [6.45, 7) is 4.35. The molecule has 0 saturated heterocycles. The van der Waals surface area contributed by atoms with Crippen molar-refractivity contribution in [1.82, 2.24) is 0 Å². The predicted molar refractivity (Wildman–Crippen MR) is 94.3 cm³/mol. The number of fused-ring (bicyclic) bond motifs is 5. The summed E-state index contributed by atoms with van der Waals surface area (Å²) < 4.78 is 0. The van der Waals surface area contributed by atoms with E-state index in [4.69, 9.17) is 6.42 Å². The van der Waals surface area contributed by atoms with Gasteiger partial charge in [-0.2, -0.15) is 0 Å². The van der Waals surface area contributed by atoms with Crippen molar-refractivity contribution in [3.05, 3.63) is 0 Å². The molecular formula is C21H32O4. The number of hydrogen-bond acceptors (Lipinski definition) is 4. The lowest BCUT2D eigenvalue weighted by Gasteiger charge is -2.62. The molecular weight excluding hydrogens is 316 g/mol. The van der Waals surface area contributed by atoms with Gasteiger partial charge < -0.3 is 20.4 Å². The topological polar surface area (TPSA) is 80.9 Å². The van der Waals surface area contributed by atoms with Crippen LogP contribution in [0.15, 0.2) is 0 Å². The van der Waals surface area contributed by atoms with Gasteiger partial charge in [-0.05, 0) is 74.0 Å². The van der Waals surface area contributed by atoms with Crippen LogP contribution in [0.4, 0.5) is 0 Å². The Bertz CT molecular complexity index is 599. The van der Waals surface area contributed by atoms with Crippen molar-refractivity contribution in [3.63, 3.8) is 0 Å². The number of terminal acetylenes is 1. The molecule has 0 aromatic heterocycles. The number of hydrogen-bond donors (Lipinski definition) is 4. The average Bonchev–Trinajstić information content (AvgIpc) is 2.77. The van der Waals surface area contributed by atoms with Gasteiger partial charge in [-0.25, -0.2) is 0 Å². The highest BCUT2D eigenvalue weighted by molar-refractivity contribution is 5.27. The van der Waals surface area contributed by atoms with E-state index >= 15 is 0 Å². The minimum Gasteiger partial charge on any atom is -0.393 e. The molecule has 0 spiro atoms. The largest absolute Gasteiger partial charge is 0.393 e. The SMILES string of the molecule is C#C[C@@]1(O)[C@H](O)CC2C3C(CC[C@@]21C)[C@@]1(C)CC[C@@H](O)C[C@H]1C[C@@H]3O. The van der Waals surface area contributed by atoms with E-state index in [0.29, 0.717) is 24.7 Å². The minimum absolute atomic E-state index is 0.0434. The first-order chi connectivity index (χ1) is 11.7. The molecule has 25 heavy (non-hydrogen) atoms. The zero-order chi connectivity index (χ0) is 18.2. The summed E-state index contributed by atoms with van der Waals surface area (Å²) in [5, 5.41) is 42.7. The van der Waals surface area contributed by atoms with Crippen molar-refractivity contribution in [3.8, 4) is 12.3 Å². The van der Waals surface area contributed by atoms with E-state index in [1.807, 2.05) is 6.92 Å². The molecule has 4 aliphatic carbocycles. The summed E-state index contributed by atoms with van der Waals surface area (Å²) in [7, 11) is 0. The van der Waals surface area contributed by atoms with Crippen LogP contribution in [-0.2, 0) is 0 Å². The molecule has 0 aromatic rings. The standard InChI is InChI=1S/C21H32O4/c1-4-21(25)17(24)11-15-18-14(6-8-20(15,21)3)19(2)7-5-13(22)9-12(19)10-16(18)23/h1,12-18,22-25H,5-11H2,2-3H3/t12-,13+,14?,15?,16-,17+,18?,19-,20-,21+/m0/s1. The monoisotopic (exact) mass is 348 g/mol. The zero-order valence-electron chi connectivity index (χ0n) is 15.4. The van der Waals surface area contributed by atoms with E-state index < -0.39 is 23.2 Å². The van der Waals surface area contributed by atoms with Crippen molar-refractivity contribution in [2.75, 3.05) is 0 Å². The first-order valence-corrected chi connectivity index (χ1v) is 9.91. The molecule has 4 aliphatic rings. The molecule has 0 radical (unpaired) electrons. The van der Waals surface area contributed by atoms with E-state index in [1.54, 1.807) is 0 Å². The number of aliphatic hydroxyl groups excluding tert-OH is 3. The summed E-state index contributed by atoms with van der Waals surface area (Å²) >= 11 is 0. The van der Waals surface area contributed by atoms with Crippen LogP contribution in [0.1, 0.15) is 58.8 Å². The summed E-state index contributed by atoms with van der Waals surface area (Å²) in [6, 6.07) is 0. The van der Waals surface area contributed by atoms with Gasteiger partial charge in [-0.3, -0.25) is 0 Å². The molecule has 10 atom stereocenters. The second-order valence-corrected chi connectivity index (χ2v) is 9.84. The molecule has 4 nitrogen and oxygen atoms in total. The summed E-state index contributed by atoms with van der Waals surface area (Å²) in [6.07, 6.45) is 9.57. The molecule has 4 fully saturated rings. The molecule has 0 aromatic carbocycles. The Hall–Kier alpha value is -0.600. The van der Waals surface area contributed by atoms with Gasteiger partial charge in [0, 0.05) is 5.41 Å². The first kappa shape index (κ1) is 17.8. The van der Waals surface area contributed by atoms with Crippen LogP contribution in [-0.4, -0.2) is 44.3 Å². The lowest BCUT2D eigenvalue weighted by atomic mass is 9.43. The van der Waals surface area contributed by atoms with Crippen molar-refractivity contribution < 1.29 is 20.4 Å². The highest BCUT2D eigenvalue weighted by Crippen LogP contribution is 2.68. The lowest BCUT2D eigenvalue weighted by molar-refractivity contribution is -0.186. The quantitative estimate of drug-likeness (QED) is 0.502. The van der Waals surface area contributed by atoms with Crippen LogP contribution < -0.4 is 0 Å². The molecule has 0 amide bonds. The van der Waals surface area contributed by atoms with E-state index in [9.17, 15) is 20.4 Å². The Labute approximate surface area is 150 Å². The molecule has 4 rings (SSSR count). The molecule has 0 bridgehead atoms. The van der Waals surface area contributed by atoms with Gasteiger partial charge in [0.25, 0.3) is 0 Å². The van der Waals surface area contributed by atoms with Gasteiger partial charge in [0.05, 0.1) is 18.3 Å². The highest BCUT2D eigenvalue weighted by Gasteiger charge is 2.68. The first-order valence-electron chi connectivity index (χ1n) is 9.91. The van der Waals surface area contributed by atoms with Gasteiger partial charge in [-0.15, -0.1) is 6.42 Å². The summed E-state index contributed by atoms with van der Waals surface area (Å²) in [4.78, 5) is 0. The normalized spacial score (nSPS) is 60.9. The van der Waals surface area contributed by atoms with Crippen LogP contribution in [0, 0.1) is 46.8 Å². The van der Waals surface area contributed by atoms with Crippen LogP contribution >= 0.6 is 0 Å². The summed E-state index contributed by atoms with van der Waals surface area (Å²) in [5.41, 5.74) is -1.91. The Morgan fingerprint density at radius 3 is 2.36 bits per heavy atom. The Morgan fingerprint density at radius 2 is 1.68 bits per heavy atom. The van der Waals surface area contributed by atoms with E-state index in [2.05, 4.69) is 12.8 Å². The van der Waals surface area contributed by atoms with Crippen molar-refractivity contribution in [1.29, 1.82) is 0 Å². The van der Waals surface area contributed by atoms with Crippen LogP contribution in [0.3, 0.4) is 0 Å². The molecule has 0 aliphatic heterocycles. The smallest absolute Gasteiger partial charge is 0.156 e. The lowest BCUT2D eigenvalue weighted by Crippen LogP contribution is -2.60. The Morgan fingerprint density at radius 1 is 0.960 bits per heavy atom. The molecule has 0 heterocycles. The van der Waals surface area contributed by atoms with Gasteiger partial charge in [0.1, 0.15) is 0 Å². The molecule has 140 valence electrons. The maximum atomic E-state index is 11.0. The van der Waals surface area contributed by atoms with Crippen LogP contribution in [0.2, 0.25) is 0 Å². The fourth-order valence-electron chi connectivity index (χ4n) is 7.49. The third kappa shape index (κ3) is 2.10. The zero-order valence-corrected chi connectivity index (χ0v) is 15.4. The van der Waals surface area contributed by atoms with Gasteiger partial charge in [0.2, 0.25) is 0 Å². The van der Waals surface area contributed by atoms with Crippen molar-refractivity contribution in [2.24, 2.45) is 34.5 Å². The van der Waals surface area contributed by atoms with Gasteiger partial charge in [0.15, 0.2) is 5.60 Å². The fourth-order valence-corrected chi connectivity index (χ4v) is 7.49. The second-order valence-electron chi connectivity index (χ2n) is 9.84. The summed E-state index contributed by atoms with van der Waals surface area (Å²) in [5.74, 6) is 3.35. The molecule has 4 heteroatoms. The maximum Gasteiger partial charge on any atom is 0.156 e. The van der Waals surface area contributed by atoms with Crippen LogP contribution in [0.5, 0.6) is 0 Å².